The Bertz CT molecular complexity index is 917. The van der Waals surface area contributed by atoms with Crippen LogP contribution in [0.25, 0.3) is 10.9 Å². The molecule has 0 saturated carbocycles. The summed E-state index contributed by atoms with van der Waals surface area (Å²) in [4.78, 5) is 28.6. The molecule has 2 heterocycles. The maximum absolute atomic E-state index is 12.4. The molecule has 0 fully saturated rings. The predicted molar refractivity (Wildman–Crippen MR) is 92.1 cm³/mol. The zero-order valence-electron chi connectivity index (χ0n) is 14.0. The number of hydrogen-bond donors (Lipinski definition) is 1. The van der Waals surface area contributed by atoms with E-state index in [0.717, 1.165) is 11.1 Å². The molecule has 6 nitrogen and oxygen atoms in total. The van der Waals surface area contributed by atoms with Gasteiger partial charge in [-0.25, -0.2) is 4.79 Å². The number of nitrogens with zero attached hydrogens (tertiary/aromatic N) is 1. The van der Waals surface area contributed by atoms with Crippen molar-refractivity contribution in [1.82, 2.24) is 10.3 Å². The summed E-state index contributed by atoms with van der Waals surface area (Å²) in [5, 5.41) is 3.34. The van der Waals surface area contributed by atoms with E-state index in [9.17, 15) is 9.59 Å². The molecular weight excluding hydrogens is 320 g/mol. The number of carbonyl (C=O) groups is 2. The molecule has 1 aromatic carbocycles. The van der Waals surface area contributed by atoms with Crippen LogP contribution in [0.4, 0.5) is 0 Å². The molecule has 0 saturated heterocycles. The number of aryl methyl sites for hydroxylation is 2. The van der Waals surface area contributed by atoms with Crippen molar-refractivity contribution in [2.45, 2.75) is 20.4 Å². The summed E-state index contributed by atoms with van der Waals surface area (Å²) in [6, 6.07) is 10.8. The van der Waals surface area contributed by atoms with E-state index in [0.29, 0.717) is 22.4 Å². The summed E-state index contributed by atoms with van der Waals surface area (Å²) < 4.78 is 10.3. The first-order valence-corrected chi connectivity index (χ1v) is 7.87. The summed E-state index contributed by atoms with van der Waals surface area (Å²) in [7, 11) is 0. The molecule has 0 radical (unpaired) electrons. The molecule has 1 N–H and O–H groups in total. The minimum Gasteiger partial charge on any atom is -0.467 e. The third-order valence-corrected chi connectivity index (χ3v) is 3.69. The Morgan fingerprint density at radius 1 is 1.20 bits per heavy atom. The Balaban J connectivity index is 1.67. The molecule has 128 valence electrons. The van der Waals surface area contributed by atoms with Gasteiger partial charge in [-0.05, 0) is 44.2 Å². The largest absolute Gasteiger partial charge is 0.467 e. The van der Waals surface area contributed by atoms with Gasteiger partial charge in [0.05, 0.1) is 23.9 Å². The Hall–Kier alpha value is -3.15. The molecule has 3 rings (SSSR count). The Morgan fingerprint density at radius 3 is 2.80 bits per heavy atom. The Labute approximate surface area is 144 Å². The van der Waals surface area contributed by atoms with Crippen molar-refractivity contribution in [3.05, 3.63) is 65.2 Å². The van der Waals surface area contributed by atoms with Gasteiger partial charge in [0, 0.05) is 11.1 Å². The molecule has 2 aromatic heterocycles. The van der Waals surface area contributed by atoms with Gasteiger partial charge in [0.25, 0.3) is 5.91 Å². The van der Waals surface area contributed by atoms with Gasteiger partial charge in [0.2, 0.25) is 0 Å². The number of amides is 1. The molecule has 1 amide bonds. The molecule has 3 aromatic rings. The summed E-state index contributed by atoms with van der Waals surface area (Å²) in [5.74, 6) is -0.309. The number of pyridine rings is 1. The number of furan rings is 1. The fourth-order valence-corrected chi connectivity index (χ4v) is 2.50. The highest BCUT2D eigenvalue weighted by Gasteiger charge is 2.15. The normalized spacial score (nSPS) is 10.6. The third kappa shape index (κ3) is 4.03. The van der Waals surface area contributed by atoms with Crippen molar-refractivity contribution in [3.8, 4) is 0 Å². The summed E-state index contributed by atoms with van der Waals surface area (Å²) in [5.41, 5.74) is 2.86. The van der Waals surface area contributed by atoms with E-state index in [1.54, 1.807) is 18.2 Å². The van der Waals surface area contributed by atoms with Gasteiger partial charge in [-0.3, -0.25) is 9.78 Å². The number of nitrogens with one attached hydrogen (secondary N) is 1. The lowest BCUT2D eigenvalue weighted by molar-refractivity contribution is -0.124. The van der Waals surface area contributed by atoms with Crippen LogP contribution in [0, 0.1) is 13.8 Å². The fourth-order valence-electron chi connectivity index (χ4n) is 2.50. The zero-order valence-corrected chi connectivity index (χ0v) is 14.0. The van der Waals surface area contributed by atoms with E-state index >= 15 is 0 Å². The highest BCUT2D eigenvalue weighted by atomic mass is 16.5. The first kappa shape index (κ1) is 16.7. The van der Waals surface area contributed by atoms with E-state index in [-0.39, 0.29) is 13.2 Å². The van der Waals surface area contributed by atoms with Gasteiger partial charge in [-0.1, -0.05) is 11.6 Å². The molecule has 0 atom stereocenters. The van der Waals surface area contributed by atoms with Crippen LogP contribution in [0.5, 0.6) is 0 Å². The Kier molecular flexibility index (Phi) is 4.79. The number of rotatable bonds is 5. The van der Waals surface area contributed by atoms with Crippen LogP contribution in [0.3, 0.4) is 0 Å². The van der Waals surface area contributed by atoms with E-state index in [4.69, 9.17) is 9.15 Å². The molecule has 0 aliphatic heterocycles. The molecule has 6 heteroatoms. The van der Waals surface area contributed by atoms with E-state index in [1.807, 2.05) is 32.0 Å². The summed E-state index contributed by atoms with van der Waals surface area (Å²) >= 11 is 0. The summed E-state index contributed by atoms with van der Waals surface area (Å²) in [6.45, 7) is 3.65. The first-order valence-electron chi connectivity index (χ1n) is 7.87. The second kappa shape index (κ2) is 7.17. The van der Waals surface area contributed by atoms with Crippen LogP contribution in [-0.4, -0.2) is 23.5 Å². The number of carbonyl (C=O) groups excluding carboxylic acids is 2. The van der Waals surface area contributed by atoms with Crippen LogP contribution in [0.15, 0.2) is 47.1 Å². The van der Waals surface area contributed by atoms with Crippen LogP contribution < -0.4 is 5.32 Å². The minimum atomic E-state index is -0.547. The quantitative estimate of drug-likeness (QED) is 0.723. The lowest BCUT2D eigenvalue weighted by atomic mass is 10.1. The lowest BCUT2D eigenvalue weighted by Gasteiger charge is -2.09. The van der Waals surface area contributed by atoms with Crippen LogP contribution in [-0.2, 0) is 16.1 Å². The zero-order chi connectivity index (χ0) is 17.8. The number of aromatic nitrogens is 1. The third-order valence-electron chi connectivity index (χ3n) is 3.69. The highest BCUT2D eigenvalue weighted by Crippen LogP contribution is 2.20. The molecule has 0 bridgehead atoms. The average Bonchev–Trinajstić information content (AvgIpc) is 3.11. The topological polar surface area (TPSA) is 81.4 Å². The van der Waals surface area contributed by atoms with Gasteiger partial charge in [0.1, 0.15) is 5.76 Å². The SMILES string of the molecule is Cc1ccc2nc(C)cc(C(=O)OCC(=O)NCc3ccco3)c2c1. The standard InChI is InChI=1S/C19H18N2O4/c1-12-5-6-17-15(8-12)16(9-13(2)21-17)19(23)25-11-18(22)20-10-14-4-3-7-24-14/h3-9H,10-11H2,1-2H3,(H,20,22). The lowest BCUT2D eigenvalue weighted by Crippen LogP contribution is -2.28. The van der Waals surface area contributed by atoms with Crippen molar-refractivity contribution in [3.63, 3.8) is 0 Å². The van der Waals surface area contributed by atoms with E-state index < -0.39 is 11.9 Å². The number of benzene rings is 1. The molecular formula is C19H18N2O4. The highest BCUT2D eigenvalue weighted by molar-refractivity contribution is 6.04. The maximum atomic E-state index is 12.4. The van der Waals surface area contributed by atoms with E-state index in [2.05, 4.69) is 10.3 Å². The van der Waals surface area contributed by atoms with Crippen molar-refractivity contribution < 1.29 is 18.7 Å². The molecule has 0 spiro atoms. The minimum absolute atomic E-state index is 0.250. The predicted octanol–water partition coefficient (Wildman–Crippen LogP) is 2.92. The number of fused-ring (bicyclic) bond motifs is 1. The van der Waals surface area contributed by atoms with Gasteiger partial charge in [-0.2, -0.15) is 0 Å². The number of esters is 1. The van der Waals surface area contributed by atoms with E-state index in [1.165, 1.54) is 6.26 Å². The smallest absolute Gasteiger partial charge is 0.339 e. The molecule has 0 unspecified atom stereocenters. The Morgan fingerprint density at radius 2 is 2.04 bits per heavy atom. The fraction of sp³-hybridized carbons (Fsp3) is 0.211. The van der Waals surface area contributed by atoms with Gasteiger partial charge < -0.3 is 14.5 Å². The van der Waals surface area contributed by atoms with Gasteiger partial charge in [-0.15, -0.1) is 0 Å². The van der Waals surface area contributed by atoms with Crippen LogP contribution in [0.1, 0.15) is 27.4 Å². The van der Waals surface area contributed by atoms with Crippen molar-refractivity contribution in [1.29, 1.82) is 0 Å². The summed E-state index contributed by atoms with van der Waals surface area (Å²) in [6.07, 6.45) is 1.53. The van der Waals surface area contributed by atoms with Crippen LogP contribution in [0.2, 0.25) is 0 Å². The second-order valence-corrected chi connectivity index (χ2v) is 5.76. The maximum Gasteiger partial charge on any atom is 0.339 e. The second-order valence-electron chi connectivity index (χ2n) is 5.76. The van der Waals surface area contributed by atoms with Crippen molar-refractivity contribution >= 4 is 22.8 Å². The molecule has 0 aliphatic carbocycles. The van der Waals surface area contributed by atoms with Gasteiger partial charge in [0.15, 0.2) is 6.61 Å². The van der Waals surface area contributed by atoms with Crippen LogP contribution >= 0.6 is 0 Å². The first-order chi connectivity index (χ1) is 12.0. The monoisotopic (exact) mass is 338 g/mol. The number of ether oxygens (including phenoxy) is 1. The van der Waals surface area contributed by atoms with Gasteiger partial charge >= 0.3 is 5.97 Å². The van der Waals surface area contributed by atoms with Crippen molar-refractivity contribution in [2.24, 2.45) is 0 Å². The van der Waals surface area contributed by atoms with Crippen molar-refractivity contribution in [2.75, 3.05) is 6.61 Å². The average molecular weight is 338 g/mol. The molecule has 0 aliphatic rings. The number of hydrogen-bond acceptors (Lipinski definition) is 5. The molecule has 25 heavy (non-hydrogen) atoms.